The van der Waals surface area contributed by atoms with Crippen LogP contribution in [0.1, 0.15) is 5.56 Å². The maximum Gasteiger partial charge on any atom is 0.534 e. The van der Waals surface area contributed by atoms with Crippen molar-refractivity contribution in [1.82, 2.24) is 14.6 Å². The van der Waals surface area contributed by atoms with Crippen molar-refractivity contribution in [3.8, 4) is 5.75 Å². The second-order valence-corrected chi connectivity index (χ2v) is 6.80. The molecule has 0 bridgehead atoms. The highest BCUT2D eigenvalue weighted by molar-refractivity contribution is 7.88. The van der Waals surface area contributed by atoms with Gasteiger partial charge in [0.2, 0.25) is 11.6 Å². The number of halogens is 6. The number of hydrogen-bond acceptors (Lipinski definition) is 6. The minimum absolute atomic E-state index is 0.0453. The summed E-state index contributed by atoms with van der Waals surface area (Å²) in [4.78, 5) is 3.77. The van der Waals surface area contributed by atoms with E-state index in [4.69, 9.17) is 0 Å². The van der Waals surface area contributed by atoms with Gasteiger partial charge in [0.25, 0.3) is 0 Å². The number of benzene rings is 1. The molecule has 2 heterocycles. The molecule has 0 aliphatic carbocycles. The normalized spacial score (nSPS) is 12.9. The Labute approximate surface area is 152 Å². The summed E-state index contributed by atoms with van der Waals surface area (Å²) in [5, 5.41) is 6.27. The van der Waals surface area contributed by atoms with Gasteiger partial charge in [-0.2, -0.15) is 39.7 Å². The summed E-state index contributed by atoms with van der Waals surface area (Å²) in [5.41, 5.74) is -7.04. The van der Waals surface area contributed by atoms with E-state index in [0.717, 1.165) is 34.8 Å². The number of pyridine rings is 1. The lowest BCUT2D eigenvalue weighted by atomic mass is 10.2. The van der Waals surface area contributed by atoms with Gasteiger partial charge in [-0.15, -0.1) is 5.10 Å². The predicted molar refractivity (Wildman–Crippen MR) is 83.3 cm³/mol. The highest BCUT2D eigenvalue weighted by atomic mass is 32.2. The van der Waals surface area contributed by atoms with Crippen LogP contribution in [0, 0.1) is 0 Å². The van der Waals surface area contributed by atoms with Crippen molar-refractivity contribution >= 4 is 27.4 Å². The van der Waals surface area contributed by atoms with Crippen molar-refractivity contribution in [1.29, 1.82) is 0 Å². The van der Waals surface area contributed by atoms with Gasteiger partial charge < -0.3 is 9.50 Å². The van der Waals surface area contributed by atoms with Crippen molar-refractivity contribution in [3.63, 3.8) is 0 Å². The van der Waals surface area contributed by atoms with Gasteiger partial charge in [-0.3, -0.25) is 0 Å². The lowest BCUT2D eigenvalue weighted by molar-refractivity contribution is -0.137. The van der Waals surface area contributed by atoms with E-state index < -0.39 is 38.8 Å². The summed E-state index contributed by atoms with van der Waals surface area (Å²) in [7, 11) is -5.94. The Balaban J connectivity index is 1.94. The molecule has 0 atom stereocenters. The quantitative estimate of drug-likeness (QED) is 0.389. The minimum Gasteiger partial charge on any atom is -0.372 e. The highest BCUT2D eigenvalue weighted by Gasteiger charge is 2.49. The first-order chi connectivity index (χ1) is 12.9. The molecule has 0 amide bonds. The molecule has 0 unspecified atom stereocenters. The van der Waals surface area contributed by atoms with E-state index in [-0.39, 0.29) is 11.6 Å². The third-order valence-corrected chi connectivity index (χ3v) is 4.22. The smallest absolute Gasteiger partial charge is 0.372 e. The Morgan fingerprint density at radius 1 is 1.04 bits per heavy atom. The first kappa shape index (κ1) is 19.7. The van der Waals surface area contributed by atoms with E-state index in [9.17, 15) is 34.8 Å². The largest absolute Gasteiger partial charge is 0.534 e. The van der Waals surface area contributed by atoms with Crippen LogP contribution >= 0.6 is 0 Å². The molecule has 3 rings (SSSR count). The van der Waals surface area contributed by atoms with E-state index in [1.807, 2.05) is 0 Å². The average Bonchev–Trinajstić information content (AvgIpc) is 2.96. The van der Waals surface area contributed by atoms with Crippen LogP contribution < -0.4 is 9.50 Å². The zero-order valence-electron chi connectivity index (χ0n) is 13.3. The van der Waals surface area contributed by atoms with Crippen LogP contribution in [-0.4, -0.2) is 28.5 Å². The Bertz CT molecular complexity index is 1120. The molecule has 0 aliphatic heterocycles. The Morgan fingerprint density at radius 3 is 2.39 bits per heavy atom. The second-order valence-electron chi connectivity index (χ2n) is 5.26. The van der Waals surface area contributed by atoms with Gasteiger partial charge in [0.15, 0.2) is 5.75 Å². The van der Waals surface area contributed by atoms with Gasteiger partial charge in [-0.1, -0.05) is 6.07 Å². The third kappa shape index (κ3) is 3.95. The van der Waals surface area contributed by atoms with E-state index in [1.54, 1.807) is 0 Å². The molecule has 7 nitrogen and oxygen atoms in total. The fraction of sp³-hybridized carbons (Fsp3) is 0.143. The number of aromatic nitrogens is 3. The molecule has 0 saturated heterocycles. The van der Waals surface area contributed by atoms with Crippen LogP contribution in [0.15, 0.2) is 42.6 Å². The molecule has 0 saturated carbocycles. The van der Waals surface area contributed by atoms with E-state index in [2.05, 4.69) is 19.6 Å². The molecular formula is C14H8F6N4O3S. The van der Waals surface area contributed by atoms with Crippen molar-refractivity contribution in [2.45, 2.75) is 11.7 Å². The number of nitrogens with one attached hydrogen (secondary N) is 1. The van der Waals surface area contributed by atoms with Crippen LogP contribution in [0.3, 0.4) is 0 Å². The minimum atomic E-state index is -5.94. The number of rotatable bonds is 4. The molecule has 0 aliphatic rings. The molecule has 14 heteroatoms. The number of hydrogen-bond donors (Lipinski definition) is 1. The van der Waals surface area contributed by atoms with Gasteiger partial charge in [0, 0.05) is 11.9 Å². The summed E-state index contributed by atoms with van der Waals surface area (Å²) in [5.74, 6) is -1.05. The molecule has 2 aromatic heterocycles. The van der Waals surface area contributed by atoms with Crippen LogP contribution in [0.25, 0.3) is 5.65 Å². The topological polar surface area (TPSA) is 85.6 Å². The number of fused-ring (bicyclic) bond motifs is 1. The molecule has 28 heavy (non-hydrogen) atoms. The standard InChI is InChI=1S/C14H8F6N4O3S/c15-13(16,17)8-3-1-4-9(7-8)21-12-22-11-10(5-2-6-24(11)23-12)27-28(25,26)14(18,19)20/h1-7H,(H,21,23). The zero-order valence-corrected chi connectivity index (χ0v) is 14.1. The van der Waals surface area contributed by atoms with E-state index >= 15 is 0 Å². The van der Waals surface area contributed by atoms with E-state index in [1.165, 1.54) is 12.3 Å². The number of alkyl halides is 6. The first-order valence-corrected chi connectivity index (χ1v) is 8.58. The molecular weight excluding hydrogens is 418 g/mol. The Kier molecular flexibility index (Phi) is 4.61. The Morgan fingerprint density at radius 2 is 1.75 bits per heavy atom. The van der Waals surface area contributed by atoms with Gasteiger partial charge >= 0.3 is 21.8 Å². The molecule has 3 aromatic rings. The first-order valence-electron chi connectivity index (χ1n) is 7.17. The fourth-order valence-electron chi connectivity index (χ4n) is 2.07. The zero-order chi connectivity index (χ0) is 20.7. The SMILES string of the molecule is O=S(=O)(Oc1cccn2nc(Nc3cccc(C(F)(F)F)c3)nc12)C(F)(F)F. The van der Waals surface area contributed by atoms with E-state index in [0.29, 0.717) is 0 Å². The maximum atomic E-state index is 12.8. The fourth-order valence-corrected chi connectivity index (χ4v) is 2.53. The van der Waals surface area contributed by atoms with Gasteiger partial charge in [-0.25, -0.2) is 4.52 Å². The summed E-state index contributed by atoms with van der Waals surface area (Å²) in [6.45, 7) is 0. The number of anilines is 2. The monoisotopic (exact) mass is 426 g/mol. The van der Waals surface area contributed by atoms with Crippen molar-refractivity contribution in [2.24, 2.45) is 0 Å². The van der Waals surface area contributed by atoms with Crippen molar-refractivity contribution < 1.29 is 38.9 Å². The summed E-state index contributed by atoms with van der Waals surface area (Å²) in [6, 6.07) is 6.10. The summed E-state index contributed by atoms with van der Waals surface area (Å²) >= 11 is 0. The predicted octanol–water partition coefficient (Wildman–Crippen LogP) is 3.72. The maximum absolute atomic E-state index is 12.8. The third-order valence-electron chi connectivity index (χ3n) is 3.26. The van der Waals surface area contributed by atoms with Crippen LogP contribution in [-0.2, 0) is 16.3 Å². The lowest BCUT2D eigenvalue weighted by Crippen LogP contribution is -2.28. The highest BCUT2D eigenvalue weighted by Crippen LogP contribution is 2.32. The molecule has 1 aromatic carbocycles. The van der Waals surface area contributed by atoms with Crippen molar-refractivity contribution in [2.75, 3.05) is 5.32 Å². The molecule has 0 spiro atoms. The lowest BCUT2D eigenvalue weighted by Gasteiger charge is -2.09. The molecule has 0 fully saturated rings. The van der Waals surface area contributed by atoms with Gasteiger partial charge in [-0.05, 0) is 30.3 Å². The molecule has 150 valence electrons. The van der Waals surface area contributed by atoms with Crippen molar-refractivity contribution in [3.05, 3.63) is 48.2 Å². The summed E-state index contributed by atoms with van der Waals surface area (Å²) in [6.07, 6.45) is -3.36. The number of nitrogens with zero attached hydrogens (tertiary/aromatic N) is 3. The van der Waals surface area contributed by atoms with Crippen LogP contribution in [0.2, 0.25) is 0 Å². The summed E-state index contributed by atoms with van der Waals surface area (Å²) < 4.78 is 103. The average molecular weight is 426 g/mol. The van der Waals surface area contributed by atoms with Crippen LogP contribution in [0.4, 0.5) is 38.0 Å². The second kappa shape index (κ2) is 6.54. The van der Waals surface area contributed by atoms with Crippen LogP contribution in [0.5, 0.6) is 5.75 Å². The molecule has 0 radical (unpaired) electrons. The molecule has 1 N–H and O–H groups in total. The Hall–Kier alpha value is -3.03. The van der Waals surface area contributed by atoms with Gasteiger partial charge in [0.1, 0.15) is 0 Å². The van der Waals surface area contributed by atoms with Gasteiger partial charge in [0.05, 0.1) is 5.56 Å².